The quantitative estimate of drug-likeness (QED) is 0.701. The van der Waals surface area contributed by atoms with Crippen LogP contribution < -0.4 is 5.32 Å². The van der Waals surface area contributed by atoms with Crippen LogP contribution in [0.2, 0.25) is 0 Å². The summed E-state index contributed by atoms with van der Waals surface area (Å²) in [6.45, 7) is 2.23. The van der Waals surface area contributed by atoms with Gasteiger partial charge in [0.15, 0.2) is 0 Å². The Hall–Kier alpha value is -0.0800. The first kappa shape index (κ1) is 11.0. The molecule has 0 spiro atoms. The molecule has 0 aromatic heterocycles. The van der Waals surface area contributed by atoms with Crippen molar-refractivity contribution in [3.8, 4) is 0 Å². The number of rotatable bonds is 4. The second-order valence-corrected chi connectivity index (χ2v) is 4.44. The molecule has 78 valence electrons. The van der Waals surface area contributed by atoms with Gasteiger partial charge in [-0.05, 0) is 58.4 Å². The summed E-state index contributed by atoms with van der Waals surface area (Å²) in [6, 6.07) is 0.645. The predicted octanol–water partition coefficient (Wildman–Crippen LogP) is 1.93. The largest absolute Gasteiger partial charge is 0.393 e. The predicted molar refractivity (Wildman–Crippen MR) is 55.7 cm³/mol. The molecule has 1 atom stereocenters. The Balaban J connectivity index is 2.08. The number of aliphatic hydroxyl groups is 1. The van der Waals surface area contributed by atoms with Gasteiger partial charge in [0, 0.05) is 6.04 Å². The van der Waals surface area contributed by atoms with Crippen LogP contribution in [0.25, 0.3) is 0 Å². The van der Waals surface area contributed by atoms with E-state index in [4.69, 9.17) is 0 Å². The Bertz CT molecular complexity index is 130. The highest BCUT2D eigenvalue weighted by molar-refractivity contribution is 4.72. The molecular formula is C11H23NO. The molecule has 13 heavy (non-hydrogen) atoms. The van der Waals surface area contributed by atoms with E-state index >= 15 is 0 Å². The number of nitrogens with one attached hydrogen (secondary N) is 1. The highest BCUT2D eigenvalue weighted by Gasteiger charge is 2.19. The monoisotopic (exact) mass is 185 g/mol. The molecular weight excluding hydrogens is 162 g/mol. The van der Waals surface area contributed by atoms with Crippen LogP contribution in [0.5, 0.6) is 0 Å². The number of hydrogen-bond acceptors (Lipinski definition) is 2. The standard InChI is InChI=1S/C11H23NO/c1-9(12-2)3-4-10-5-7-11(13)8-6-10/h9-13H,3-8H2,1-2H3. The lowest BCUT2D eigenvalue weighted by Gasteiger charge is -2.26. The molecule has 1 fully saturated rings. The summed E-state index contributed by atoms with van der Waals surface area (Å²) in [7, 11) is 2.02. The average Bonchev–Trinajstić information content (AvgIpc) is 2.16. The van der Waals surface area contributed by atoms with Crippen LogP contribution in [-0.2, 0) is 0 Å². The third kappa shape index (κ3) is 4.10. The molecule has 2 nitrogen and oxygen atoms in total. The Morgan fingerprint density at radius 1 is 1.31 bits per heavy atom. The maximum absolute atomic E-state index is 9.34. The summed E-state index contributed by atoms with van der Waals surface area (Å²) in [5.74, 6) is 0.874. The van der Waals surface area contributed by atoms with Gasteiger partial charge in [-0.1, -0.05) is 0 Å². The molecule has 1 unspecified atom stereocenters. The van der Waals surface area contributed by atoms with Gasteiger partial charge in [-0.2, -0.15) is 0 Å². The van der Waals surface area contributed by atoms with E-state index in [1.807, 2.05) is 7.05 Å². The van der Waals surface area contributed by atoms with Gasteiger partial charge in [-0.3, -0.25) is 0 Å². The van der Waals surface area contributed by atoms with E-state index < -0.39 is 0 Å². The van der Waals surface area contributed by atoms with Crippen molar-refractivity contribution in [1.82, 2.24) is 5.32 Å². The molecule has 1 saturated carbocycles. The fourth-order valence-electron chi connectivity index (χ4n) is 2.06. The fraction of sp³-hybridized carbons (Fsp3) is 1.00. The minimum absolute atomic E-state index is 0.00188. The molecule has 1 aliphatic rings. The average molecular weight is 185 g/mol. The third-order valence-electron chi connectivity index (χ3n) is 3.32. The molecule has 1 aliphatic carbocycles. The van der Waals surface area contributed by atoms with E-state index in [9.17, 15) is 5.11 Å². The molecule has 0 bridgehead atoms. The molecule has 0 radical (unpaired) electrons. The van der Waals surface area contributed by atoms with Gasteiger partial charge in [0.2, 0.25) is 0 Å². The highest BCUT2D eigenvalue weighted by Crippen LogP contribution is 2.27. The fourth-order valence-corrected chi connectivity index (χ4v) is 2.06. The maximum Gasteiger partial charge on any atom is 0.0540 e. The van der Waals surface area contributed by atoms with E-state index in [1.165, 1.54) is 25.7 Å². The highest BCUT2D eigenvalue weighted by atomic mass is 16.3. The van der Waals surface area contributed by atoms with Gasteiger partial charge in [-0.15, -0.1) is 0 Å². The zero-order valence-electron chi connectivity index (χ0n) is 8.92. The van der Waals surface area contributed by atoms with Crippen molar-refractivity contribution in [1.29, 1.82) is 0 Å². The minimum atomic E-state index is -0.00188. The Morgan fingerprint density at radius 3 is 2.46 bits per heavy atom. The normalized spacial score (nSPS) is 31.6. The van der Waals surface area contributed by atoms with Gasteiger partial charge < -0.3 is 10.4 Å². The smallest absolute Gasteiger partial charge is 0.0540 e. The van der Waals surface area contributed by atoms with Gasteiger partial charge in [-0.25, -0.2) is 0 Å². The van der Waals surface area contributed by atoms with Crippen LogP contribution in [0.15, 0.2) is 0 Å². The second-order valence-electron chi connectivity index (χ2n) is 4.44. The molecule has 1 rings (SSSR count). The second kappa shape index (κ2) is 5.61. The number of hydrogen-bond donors (Lipinski definition) is 2. The van der Waals surface area contributed by atoms with Crippen molar-refractivity contribution in [2.45, 2.75) is 57.6 Å². The van der Waals surface area contributed by atoms with E-state index in [0.29, 0.717) is 6.04 Å². The van der Waals surface area contributed by atoms with Crippen molar-refractivity contribution >= 4 is 0 Å². The zero-order valence-corrected chi connectivity index (χ0v) is 8.92. The summed E-state index contributed by atoms with van der Waals surface area (Å²) in [4.78, 5) is 0. The third-order valence-corrected chi connectivity index (χ3v) is 3.32. The Morgan fingerprint density at radius 2 is 1.92 bits per heavy atom. The van der Waals surface area contributed by atoms with Gasteiger partial charge in [0.25, 0.3) is 0 Å². The molecule has 2 heteroatoms. The first-order chi connectivity index (χ1) is 6.22. The lowest BCUT2D eigenvalue weighted by molar-refractivity contribution is 0.105. The van der Waals surface area contributed by atoms with Crippen LogP contribution in [0.1, 0.15) is 45.4 Å². The van der Waals surface area contributed by atoms with Crippen LogP contribution in [0.4, 0.5) is 0 Å². The Labute approximate surface area is 81.7 Å². The maximum atomic E-state index is 9.34. The van der Waals surface area contributed by atoms with Crippen LogP contribution >= 0.6 is 0 Å². The van der Waals surface area contributed by atoms with Crippen molar-refractivity contribution in [2.75, 3.05) is 7.05 Å². The van der Waals surface area contributed by atoms with Gasteiger partial charge in [0.05, 0.1) is 6.10 Å². The van der Waals surface area contributed by atoms with E-state index in [-0.39, 0.29) is 6.10 Å². The molecule has 0 amide bonds. The minimum Gasteiger partial charge on any atom is -0.393 e. The van der Waals surface area contributed by atoms with Crippen molar-refractivity contribution in [3.63, 3.8) is 0 Å². The van der Waals surface area contributed by atoms with Crippen LogP contribution in [0, 0.1) is 5.92 Å². The molecule has 0 heterocycles. The number of aliphatic hydroxyl groups excluding tert-OH is 1. The Kier molecular flexibility index (Phi) is 4.74. The first-order valence-corrected chi connectivity index (χ1v) is 5.57. The van der Waals surface area contributed by atoms with Gasteiger partial charge in [0.1, 0.15) is 0 Å². The lowest BCUT2D eigenvalue weighted by atomic mass is 9.84. The topological polar surface area (TPSA) is 32.3 Å². The lowest BCUT2D eigenvalue weighted by Crippen LogP contribution is -2.24. The molecule has 0 aromatic carbocycles. The summed E-state index contributed by atoms with van der Waals surface area (Å²) in [5.41, 5.74) is 0. The molecule has 0 aromatic rings. The van der Waals surface area contributed by atoms with Gasteiger partial charge >= 0.3 is 0 Å². The molecule has 0 saturated heterocycles. The van der Waals surface area contributed by atoms with E-state index in [2.05, 4.69) is 12.2 Å². The van der Waals surface area contributed by atoms with Crippen LogP contribution in [-0.4, -0.2) is 24.3 Å². The van der Waals surface area contributed by atoms with Crippen molar-refractivity contribution in [3.05, 3.63) is 0 Å². The summed E-state index contributed by atoms with van der Waals surface area (Å²) in [6.07, 6.45) is 7.12. The SMILES string of the molecule is CNC(C)CCC1CCC(O)CC1. The van der Waals surface area contributed by atoms with Crippen LogP contribution in [0.3, 0.4) is 0 Å². The van der Waals surface area contributed by atoms with Crippen molar-refractivity contribution < 1.29 is 5.11 Å². The van der Waals surface area contributed by atoms with Crippen molar-refractivity contribution in [2.24, 2.45) is 5.92 Å². The zero-order chi connectivity index (χ0) is 9.68. The summed E-state index contributed by atoms with van der Waals surface area (Å²) in [5, 5.41) is 12.6. The first-order valence-electron chi connectivity index (χ1n) is 5.57. The van der Waals surface area contributed by atoms with E-state index in [1.54, 1.807) is 0 Å². The summed E-state index contributed by atoms with van der Waals surface area (Å²) >= 11 is 0. The summed E-state index contributed by atoms with van der Waals surface area (Å²) < 4.78 is 0. The van der Waals surface area contributed by atoms with E-state index in [0.717, 1.165) is 18.8 Å². The molecule has 0 aliphatic heterocycles. The molecule has 2 N–H and O–H groups in total.